The Kier molecular flexibility index (Phi) is 2.97. The fourth-order valence-electron chi connectivity index (χ4n) is 1.67. The standard InChI is InChI=1S/C13H17NO2/c1-13(2,10-6-4-3-5-7-10)12(15)14-11-8-16-9-11/h3-7,11H,8-9H2,1-2H3,(H,14,15). The van der Waals surface area contributed by atoms with E-state index in [1.807, 2.05) is 44.2 Å². The van der Waals surface area contributed by atoms with Crippen molar-refractivity contribution in [3.63, 3.8) is 0 Å². The first-order valence-electron chi connectivity index (χ1n) is 5.55. The second-order valence-corrected chi connectivity index (χ2v) is 4.70. The molecule has 16 heavy (non-hydrogen) atoms. The summed E-state index contributed by atoms with van der Waals surface area (Å²) in [4.78, 5) is 12.1. The number of carbonyl (C=O) groups excluding carboxylic acids is 1. The van der Waals surface area contributed by atoms with Gasteiger partial charge in [-0.25, -0.2) is 0 Å². The number of ether oxygens (including phenoxy) is 1. The average molecular weight is 219 g/mol. The van der Waals surface area contributed by atoms with Crippen molar-refractivity contribution in [1.82, 2.24) is 5.32 Å². The Labute approximate surface area is 95.8 Å². The van der Waals surface area contributed by atoms with Crippen molar-refractivity contribution in [2.75, 3.05) is 13.2 Å². The molecule has 0 saturated carbocycles. The summed E-state index contributed by atoms with van der Waals surface area (Å²) in [6.07, 6.45) is 0. The van der Waals surface area contributed by atoms with E-state index in [9.17, 15) is 4.79 Å². The molecular weight excluding hydrogens is 202 g/mol. The Morgan fingerprint density at radius 1 is 1.31 bits per heavy atom. The summed E-state index contributed by atoms with van der Waals surface area (Å²) >= 11 is 0. The van der Waals surface area contributed by atoms with Crippen LogP contribution in [0, 0.1) is 0 Å². The molecule has 0 radical (unpaired) electrons. The molecule has 1 aliphatic heterocycles. The van der Waals surface area contributed by atoms with Crippen molar-refractivity contribution < 1.29 is 9.53 Å². The summed E-state index contributed by atoms with van der Waals surface area (Å²) in [5.41, 5.74) is 0.546. The highest BCUT2D eigenvalue weighted by atomic mass is 16.5. The van der Waals surface area contributed by atoms with E-state index in [2.05, 4.69) is 5.32 Å². The molecule has 0 spiro atoms. The van der Waals surface area contributed by atoms with Gasteiger partial charge in [0.05, 0.1) is 24.7 Å². The van der Waals surface area contributed by atoms with Crippen LogP contribution in [0.4, 0.5) is 0 Å². The third kappa shape index (κ3) is 2.09. The molecule has 0 bridgehead atoms. The van der Waals surface area contributed by atoms with Gasteiger partial charge in [0, 0.05) is 0 Å². The first-order chi connectivity index (χ1) is 7.60. The van der Waals surface area contributed by atoms with Gasteiger partial charge in [-0.15, -0.1) is 0 Å². The van der Waals surface area contributed by atoms with Gasteiger partial charge in [0.15, 0.2) is 0 Å². The van der Waals surface area contributed by atoms with Crippen LogP contribution < -0.4 is 5.32 Å². The number of amides is 1. The summed E-state index contributed by atoms with van der Waals surface area (Å²) in [6.45, 7) is 5.15. The predicted molar refractivity (Wildman–Crippen MR) is 62.2 cm³/mol. The van der Waals surface area contributed by atoms with E-state index in [-0.39, 0.29) is 11.9 Å². The maximum atomic E-state index is 12.1. The maximum Gasteiger partial charge on any atom is 0.230 e. The second kappa shape index (κ2) is 4.26. The lowest BCUT2D eigenvalue weighted by Crippen LogP contribution is -2.53. The van der Waals surface area contributed by atoms with Crippen molar-refractivity contribution in [2.45, 2.75) is 25.3 Å². The lowest BCUT2D eigenvalue weighted by atomic mass is 9.83. The first kappa shape index (κ1) is 11.1. The van der Waals surface area contributed by atoms with Crippen LogP contribution in [0.5, 0.6) is 0 Å². The van der Waals surface area contributed by atoms with Crippen LogP contribution in [0.3, 0.4) is 0 Å². The van der Waals surface area contributed by atoms with Gasteiger partial charge in [0.25, 0.3) is 0 Å². The van der Waals surface area contributed by atoms with E-state index in [1.54, 1.807) is 0 Å². The van der Waals surface area contributed by atoms with Crippen molar-refractivity contribution in [1.29, 1.82) is 0 Å². The number of rotatable bonds is 3. The van der Waals surface area contributed by atoms with Gasteiger partial charge in [-0.3, -0.25) is 4.79 Å². The van der Waals surface area contributed by atoms with Crippen LogP contribution in [0.1, 0.15) is 19.4 Å². The quantitative estimate of drug-likeness (QED) is 0.836. The zero-order valence-electron chi connectivity index (χ0n) is 9.69. The fraction of sp³-hybridized carbons (Fsp3) is 0.462. The van der Waals surface area contributed by atoms with Gasteiger partial charge in [-0.1, -0.05) is 30.3 Å². The minimum Gasteiger partial charge on any atom is -0.377 e. The van der Waals surface area contributed by atoms with Crippen LogP contribution in [-0.2, 0) is 14.9 Å². The molecule has 1 fully saturated rings. The maximum absolute atomic E-state index is 12.1. The normalized spacial score (nSPS) is 16.6. The third-order valence-corrected chi connectivity index (χ3v) is 3.04. The Bertz CT molecular complexity index is 369. The molecular formula is C13H17NO2. The van der Waals surface area contributed by atoms with Crippen LogP contribution in [-0.4, -0.2) is 25.2 Å². The van der Waals surface area contributed by atoms with Gasteiger partial charge in [-0.05, 0) is 19.4 Å². The molecule has 0 aromatic heterocycles. The molecule has 2 rings (SSSR count). The molecule has 1 aromatic carbocycles. The number of hydrogen-bond acceptors (Lipinski definition) is 2. The Morgan fingerprint density at radius 3 is 2.44 bits per heavy atom. The zero-order valence-corrected chi connectivity index (χ0v) is 9.69. The molecule has 86 valence electrons. The molecule has 0 unspecified atom stereocenters. The largest absolute Gasteiger partial charge is 0.377 e. The van der Waals surface area contributed by atoms with Crippen LogP contribution >= 0.6 is 0 Å². The van der Waals surface area contributed by atoms with Crippen LogP contribution in [0.25, 0.3) is 0 Å². The number of carbonyl (C=O) groups is 1. The fourth-order valence-corrected chi connectivity index (χ4v) is 1.67. The average Bonchev–Trinajstić information content (AvgIpc) is 2.24. The van der Waals surface area contributed by atoms with Crippen molar-refractivity contribution in [2.24, 2.45) is 0 Å². The predicted octanol–water partition coefficient (Wildman–Crippen LogP) is 1.48. The number of nitrogens with one attached hydrogen (secondary N) is 1. The minimum absolute atomic E-state index is 0.0620. The van der Waals surface area contributed by atoms with Gasteiger partial charge < -0.3 is 10.1 Å². The van der Waals surface area contributed by atoms with E-state index in [4.69, 9.17) is 4.74 Å². The molecule has 0 atom stereocenters. The highest BCUT2D eigenvalue weighted by Gasteiger charge is 2.32. The molecule has 1 N–H and O–H groups in total. The molecule has 0 aliphatic carbocycles. The lowest BCUT2D eigenvalue weighted by molar-refractivity contribution is -0.129. The van der Waals surface area contributed by atoms with Crippen molar-refractivity contribution in [3.8, 4) is 0 Å². The van der Waals surface area contributed by atoms with Gasteiger partial charge >= 0.3 is 0 Å². The molecule has 1 saturated heterocycles. The highest BCUT2D eigenvalue weighted by molar-refractivity contribution is 5.87. The van der Waals surface area contributed by atoms with Crippen LogP contribution in [0.15, 0.2) is 30.3 Å². The summed E-state index contributed by atoms with van der Waals surface area (Å²) in [6, 6.07) is 10.0. The molecule has 1 amide bonds. The molecule has 1 aromatic rings. The summed E-state index contributed by atoms with van der Waals surface area (Å²) in [7, 11) is 0. The molecule has 3 heteroatoms. The minimum atomic E-state index is -0.489. The van der Waals surface area contributed by atoms with Crippen LogP contribution in [0.2, 0.25) is 0 Å². The monoisotopic (exact) mass is 219 g/mol. The van der Waals surface area contributed by atoms with Crippen molar-refractivity contribution in [3.05, 3.63) is 35.9 Å². The SMILES string of the molecule is CC(C)(C(=O)NC1COC1)c1ccccc1. The van der Waals surface area contributed by atoms with E-state index >= 15 is 0 Å². The number of benzene rings is 1. The van der Waals surface area contributed by atoms with Crippen molar-refractivity contribution >= 4 is 5.91 Å². The van der Waals surface area contributed by atoms with Gasteiger partial charge in [0.2, 0.25) is 5.91 Å². The lowest BCUT2D eigenvalue weighted by Gasteiger charge is -2.31. The van der Waals surface area contributed by atoms with E-state index in [0.29, 0.717) is 13.2 Å². The highest BCUT2D eigenvalue weighted by Crippen LogP contribution is 2.23. The summed E-state index contributed by atoms with van der Waals surface area (Å²) < 4.78 is 5.04. The van der Waals surface area contributed by atoms with Gasteiger partial charge in [-0.2, -0.15) is 0 Å². The van der Waals surface area contributed by atoms with E-state index in [1.165, 1.54) is 0 Å². The Morgan fingerprint density at radius 2 is 1.94 bits per heavy atom. The molecule has 1 heterocycles. The Hall–Kier alpha value is -1.35. The molecule has 1 aliphatic rings. The third-order valence-electron chi connectivity index (χ3n) is 3.04. The van der Waals surface area contributed by atoms with Gasteiger partial charge in [0.1, 0.15) is 0 Å². The Balaban J connectivity index is 2.08. The topological polar surface area (TPSA) is 38.3 Å². The zero-order chi connectivity index (χ0) is 11.6. The number of hydrogen-bond donors (Lipinski definition) is 1. The first-order valence-corrected chi connectivity index (χ1v) is 5.55. The summed E-state index contributed by atoms with van der Waals surface area (Å²) in [5.74, 6) is 0.0620. The van der Waals surface area contributed by atoms with E-state index in [0.717, 1.165) is 5.56 Å². The second-order valence-electron chi connectivity index (χ2n) is 4.70. The van der Waals surface area contributed by atoms with E-state index < -0.39 is 5.41 Å². The smallest absolute Gasteiger partial charge is 0.230 e. The molecule has 3 nitrogen and oxygen atoms in total. The summed E-state index contributed by atoms with van der Waals surface area (Å²) in [5, 5.41) is 2.99.